The fraction of sp³-hybridized carbons (Fsp3) is 0.679. The lowest BCUT2D eigenvalue weighted by molar-refractivity contribution is -0.167. The van der Waals surface area contributed by atoms with E-state index in [0.29, 0.717) is 19.3 Å². The first-order valence-corrected chi connectivity index (χ1v) is 24.1. The molecule has 0 aromatic heterocycles. The first-order valence-electron chi connectivity index (χ1n) is 24.1. The zero-order valence-electron chi connectivity index (χ0n) is 38.2. The Morgan fingerprint density at radius 2 is 0.661 bits per heavy atom. The summed E-state index contributed by atoms with van der Waals surface area (Å²) >= 11 is 0. The summed E-state index contributed by atoms with van der Waals surface area (Å²) in [5, 5.41) is 0. The topological polar surface area (TPSA) is 78.9 Å². The molecule has 0 aliphatic carbocycles. The highest BCUT2D eigenvalue weighted by atomic mass is 16.6. The van der Waals surface area contributed by atoms with Crippen molar-refractivity contribution in [3.8, 4) is 0 Å². The van der Waals surface area contributed by atoms with Gasteiger partial charge in [-0.1, -0.05) is 189 Å². The van der Waals surface area contributed by atoms with Gasteiger partial charge in [-0.15, -0.1) is 0 Å². The van der Waals surface area contributed by atoms with Gasteiger partial charge in [0.1, 0.15) is 13.2 Å². The second kappa shape index (κ2) is 47.3. The van der Waals surface area contributed by atoms with Crippen LogP contribution in [0.15, 0.2) is 85.1 Å². The van der Waals surface area contributed by atoms with Crippen molar-refractivity contribution in [1.82, 2.24) is 0 Å². The van der Waals surface area contributed by atoms with Crippen molar-refractivity contribution in [3.05, 3.63) is 85.1 Å². The van der Waals surface area contributed by atoms with Crippen LogP contribution in [-0.4, -0.2) is 37.2 Å². The van der Waals surface area contributed by atoms with Crippen LogP contribution in [-0.2, 0) is 28.6 Å². The number of esters is 3. The standard InChI is InChI=1S/C53H88O6/c1-4-7-10-13-16-18-20-22-23-24-25-26-27-28-29-31-32-34-37-40-43-46-52(55)58-49-50(48-57-51(54)45-42-39-36-15-12-9-6-3)59-53(56)47-44-41-38-35-33-30-21-19-17-14-11-8-5-2/h7-8,10-11,16-19,22-23,25-26,30,33,50H,4-6,9,12-15,20-21,24,27-29,31-32,34-49H2,1-3H3/b10-7-,11-8-,18-16-,19-17-,23-22-,26-25-,33-30-. The van der Waals surface area contributed by atoms with Crippen LogP contribution in [0.4, 0.5) is 0 Å². The van der Waals surface area contributed by atoms with E-state index in [4.69, 9.17) is 14.2 Å². The molecule has 0 fully saturated rings. The molecule has 0 amide bonds. The van der Waals surface area contributed by atoms with Gasteiger partial charge >= 0.3 is 17.9 Å². The molecule has 0 aromatic rings. The summed E-state index contributed by atoms with van der Waals surface area (Å²) in [5.74, 6) is -0.941. The van der Waals surface area contributed by atoms with Gasteiger partial charge in [-0.25, -0.2) is 0 Å². The highest BCUT2D eigenvalue weighted by molar-refractivity contribution is 5.71. The highest BCUT2D eigenvalue weighted by Crippen LogP contribution is 2.13. The molecule has 6 heteroatoms. The van der Waals surface area contributed by atoms with Crippen LogP contribution >= 0.6 is 0 Å². The van der Waals surface area contributed by atoms with E-state index in [1.807, 2.05) is 0 Å². The molecule has 0 saturated heterocycles. The minimum absolute atomic E-state index is 0.0913. The summed E-state index contributed by atoms with van der Waals surface area (Å²) in [7, 11) is 0. The van der Waals surface area contributed by atoms with Crippen LogP contribution in [0.5, 0.6) is 0 Å². The maximum Gasteiger partial charge on any atom is 0.306 e. The van der Waals surface area contributed by atoms with E-state index in [1.54, 1.807) is 0 Å². The van der Waals surface area contributed by atoms with Gasteiger partial charge in [0.25, 0.3) is 0 Å². The van der Waals surface area contributed by atoms with Crippen molar-refractivity contribution in [2.24, 2.45) is 0 Å². The third-order valence-electron chi connectivity index (χ3n) is 9.90. The molecule has 0 N–H and O–H groups in total. The molecule has 0 saturated carbocycles. The van der Waals surface area contributed by atoms with Gasteiger partial charge in [0, 0.05) is 19.3 Å². The molecular formula is C53H88O6. The summed E-state index contributed by atoms with van der Waals surface area (Å²) in [5.41, 5.74) is 0. The van der Waals surface area contributed by atoms with Gasteiger partial charge in [-0.3, -0.25) is 14.4 Å². The van der Waals surface area contributed by atoms with E-state index >= 15 is 0 Å². The molecule has 0 aliphatic heterocycles. The van der Waals surface area contributed by atoms with Gasteiger partial charge in [0.2, 0.25) is 0 Å². The lowest BCUT2D eigenvalue weighted by atomic mass is 10.1. The molecule has 0 radical (unpaired) electrons. The monoisotopic (exact) mass is 821 g/mol. The van der Waals surface area contributed by atoms with Crippen molar-refractivity contribution in [2.45, 2.75) is 219 Å². The number of rotatable bonds is 42. The van der Waals surface area contributed by atoms with Crippen LogP contribution in [0.1, 0.15) is 213 Å². The van der Waals surface area contributed by atoms with E-state index in [-0.39, 0.29) is 31.1 Å². The Morgan fingerprint density at radius 1 is 0.356 bits per heavy atom. The molecule has 0 aromatic carbocycles. The number of allylic oxidation sites excluding steroid dienone is 14. The van der Waals surface area contributed by atoms with Crippen molar-refractivity contribution >= 4 is 17.9 Å². The summed E-state index contributed by atoms with van der Waals surface area (Å²) < 4.78 is 16.7. The lowest BCUT2D eigenvalue weighted by Crippen LogP contribution is -2.30. The smallest absolute Gasteiger partial charge is 0.306 e. The van der Waals surface area contributed by atoms with Gasteiger partial charge in [0.05, 0.1) is 0 Å². The Balaban J connectivity index is 4.29. The first-order chi connectivity index (χ1) is 29.0. The number of ether oxygens (including phenoxy) is 3. The molecule has 1 unspecified atom stereocenters. The van der Waals surface area contributed by atoms with Crippen LogP contribution in [0, 0.1) is 0 Å². The summed E-state index contributed by atoms with van der Waals surface area (Å²) in [4.78, 5) is 37.7. The van der Waals surface area contributed by atoms with Crippen molar-refractivity contribution in [3.63, 3.8) is 0 Å². The summed E-state index contributed by atoms with van der Waals surface area (Å²) in [6, 6.07) is 0. The fourth-order valence-corrected chi connectivity index (χ4v) is 6.33. The average Bonchev–Trinajstić information content (AvgIpc) is 3.23. The highest BCUT2D eigenvalue weighted by Gasteiger charge is 2.19. The van der Waals surface area contributed by atoms with E-state index in [0.717, 1.165) is 116 Å². The fourth-order valence-electron chi connectivity index (χ4n) is 6.33. The van der Waals surface area contributed by atoms with Crippen molar-refractivity contribution < 1.29 is 28.6 Å². The molecule has 6 nitrogen and oxygen atoms in total. The van der Waals surface area contributed by atoms with Crippen LogP contribution < -0.4 is 0 Å². The summed E-state index contributed by atoms with van der Waals surface area (Å²) in [6.45, 7) is 6.32. The Labute approximate surface area is 363 Å². The van der Waals surface area contributed by atoms with E-state index in [2.05, 4.69) is 106 Å². The number of hydrogen-bond donors (Lipinski definition) is 0. The molecule has 0 heterocycles. The normalized spacial score (nSPS) is 12.8. The van der Waals surface area contributed by atoms with E-state index in [9.17, 15) is 14.4 Å². The molecular weight excluding hydrogens is 733 g/mol. The van der Waals surface area contributed by atoms with Gasteiger partial charge in [-0.2, -0.15) is 0 Å². The minimum Gasteiger partial charge on any atom is -0.462 e. The maximum atomic E-state index is 12.7. The Morgan fingerprint density at radius 3 is 1.05 bits per heavy atom. The predicted molar refractivity (Wildman–Crippen MR) is 251 cm³/mol. The largest absolute Gasteiger partial charge is 0.462 e. The number of hydrogen-bond acceptors (Lipinski definition) is 6. The zero-order chi connectivity index (χ0) is 43.0. The zero-order valence-corrected chi connectivity index (χ0v) is 38.2. The SMILES string of the molecule is CC/C=C\C/C=C\C/C=C\C/C=C\CCCCCCCCCCC(=O)OCC(COC(=O)CCCCCCCCC)OC(=O)CCCCC/C=C\C/C=C\C/C=C\CC. The molecule has 1 atom stereocenters. The molecule has 0 aliphatic rings. The number of carbonyl (C=O) groups excluding carboxylic acids is 3. The minimum atomic E-state index is -0.791. The van der Waals surface area contributed by atoms with Crippen LogP contribution in [0.25, 0.3) is 0 Å². The second-order valence-electron chi connectivity index (χ2n) is 15.6. The second-order valence-corrected chi connectivity index (χ2v) is 15.6. The van der Waals surface area contributed by atoms with Gasteiger partial charge in [-0.05, 0) is 89.9 Å². The lowest BCUT2D eigenvalue weighted by Gasteiger charge is -2.18. The number of carbonyl (C=O) groups is 3. The van der Waals surface area contributed by atoms with E-state index in [1.165, 1.54) is 57.8 Å². The molecule has 0 bridgehead atoms. The van der Waals surface area contributed by atoms with Crippen LogP contribution in [0.3, 0.4) is 0 Å². The molecule has 0 spiro atoms. The molecule has 336 valence electrons. The first kappa shape index (κ1) is 55.6. The Bertz CT molecular complexity index is 1170. The quantitative estimate of drug-likeness (QED) is 0.0264. The molecule has 0 rings (SSSR count). The maximum absolute atomic E-state index is 12.7. The van der Waals surface area contributed by atoms with E-state index < -0.39 is 6.10 Å². The number of unbranched alkanes of at least 4 members (excludes halogenated alkanes) is 17. The van der Waals surface area contributed by atoms with Gasteiger partial charge < -0.3 is 14.2 Å². The van der Waals surface area contributed by atoms with Crippen molar-refractivity contribution in [2.75, 3.05) is 13.2 Å². The third-order valence-corrected chi connectivity index (χ3v) is 9.90. The van der Waals surface area contributed by atoms with Crippen LogP contribution in [0.2, 0.25) is 0 Å². The Hall–Kier alpha value is -3.41. The summed E-state index contributed by atoms with van der Waals surface area (Å²) in [6.07, 6.45) is 60.1. The third kappa shape index (κ3) is 45.5. The Kier molecular flexibility index (Phi) is 44.5. The predicted octanol–water partition coefficient (Wildman–Crippen LogP) is 15.6. The average molecular weight is 821 g/mol. The molecule has 59 heavy (non-hydrogen) atoms. The van der Waals surface area contributed by atoms with Gasteiger partial charge in [0.15, 0.2) is 6.10 Å². The van der Waals surface area contributed by atoms with Crippen molar-refractivity contribution in [1.29, 1.82) is 0 Å².